The number of nitrogens with one attached hydrogen (secondary N) is 1. The summed E-state index contributed by atoms with van der Waals surface area (Å²) in [5.74, 6) is -0.576. The summed E-state index contributed by atoms with van der Waals surface area (Å²) in [6, 6.07) is 9.16. The molecule has 0 bridgehead atoms. The first-order valence-electron chi connectivity index (χ1n) is 7.08. The van der Waals surface area contributed by atoms with Crippen LogP contribution in [0.5, 0.6) is 0 Å². The number of carbonyl (C=O) groups is 2. The van der Waals surface area contributed by atoms with Gasteiger partial charge in [-0.3, -0.25) is 9.59 Å². The van der Waals surface area contributed by atoms with Gasteiger partial charge < -0.3 is 21.5 Å². The fourth-order valence-corrected chi connectivity index (χ4v) is 2.38. The molecule has 0 saturated carbocycles. The first-order chi connectivity index (χ1) is 10.1. The molecule has 0 radical (unpaired) electrons. The van der Waals surface area contributed by atoms with Crippen molar-refractivity contribution in [3.8, 4) is 0 Å². The predicted molar refractivity (Wildman–Crippen MR) is 78.1 cm³/mol. The van der Waals surface area contributed by atoms with Crippen molar-refractivity contribution in [3.05, 3.63) is 35.9 Å². The van der Waals surface area contributed by atoms with Crippen molar-refractivity contribution in [3.63, 3.8) is 0 Å². The van der Waals surface area contributed by atoms with Crippen LogP contribution >= 0.6 is 0 Å². The van der Waals surface area contributed by atoms with Crippen molar-refractivity contribution in [2.75, 3.05) is 6.54 Å². The number of carbonyl (C=O) groups excluding carboxylic acids is 2. The average molecular weight is 291 g/mol. The molecule has 0 aliphatic carbocycles. The molecule has 6 nitrogen and oxygen atoms in total. The maximum Gasteiger partial charge on any atom is 0.246 e. The van der Waals surface area contributed by atoms with Crippen LogP contribution in [0.2, 0.25) is 0 Å². The van der Waals surface area contributed by atoms with E-state index in [1.165, 1.54) is 0 Å². The van der Waals surface area contributed by atoms with E-state index in [0.717, 1.165) is 12.0 Å². The second kappa shape index (κ2) is 7.19. The molecule has 114 valence electrons. The third kappa shape index (κ3) is 4.54. The molecule has 5 N–H and O–H groups in total. The summed E-state index contributed by atoms with van der Waals surface area (Å²) in [7, 11) is 0. The Balaban J connectivity index is 1.72. The Bertz CT molecular complexity index is 492. The Morgan fingerprint density at radius 3 is 2.62 bits per heavy atom. The van der Waals surface area contributed by atoms with E-state index in [0.29, 0.717) is 13.0 Å². The standard InChI is InChI=1S/C15H21N3O3/c16-12(10-4-2-1-3-5-10)8-14(19)18-9-11-6-7-13(21-11)15(17)20/h1-5,11-13H,6-9,16H2,(H2,17,20)(H,18,19). The van der Waals surface area contributed by atoms with Gasteiger partial charge >= 0.3 is 0 Å². The second-order valence-electron chi connectivity index (χ2n) is 5.25. The molecular weight excluding hydrogens is 270 g/mol. The zero-order valence-corrected chi connectivity index (χ0v) is 11.8. The number of benzene rings is 1. The van der Waals surface area contributed by atoms with Gasteiger partial charge in [-0.05, 0) is 18.4 Å². The number of rotatable bonds is 6. The average Bonchev–Trinajstić information content (AvgIpc) is 2.95. The van der Waals surface area contributed by atoms with Crippen LogP contribution in [-0.4, -0.2) is 30.6 Å². The van der Waals surface area contributed by atoms with Gasteiger partial charge in [-0.15, -0.1) is 0 Å². The lowest BCUT2D eigenvalue weighted by atomic mass is 10.0. The first-order valence-corrected chi connectivity index (χ1v) is 7.08. The van der Waals surface area contributed by atoms with E-state index in [2.05, 4.69) is 5.32 Å². The number of primary amides is 1. The highest BCUT2D eigenvalue weighted by Crippen LogP contribution is 2.19. The highest BCUT2D eigenvalue weighted by Gasteiger charge is 2.29. The summed E-state index contributed by atoms with van der Waals surface area (Å²) in [4.78, 5) is 22.8. The van der Waals surface area contributed by atoms with E-state index < -0.39 is 12.0 Å². The molecule has 0 spiro atoms. The summed E-state index contributed by atoms with van der Waals surface area (Å²) in [5, 5.41) is 2.79. The minimum atomic E-state index is -0.529. The Morgan fingerprint density at radius 1 is 1.29 bits per heavy atom. The molecular formula is C15H21N3O3. The number of nitrogens with two attached hydrogens (primary N) is 2. The molecule has 3 unspecified atom stereocenters. The van der Waals surface area contributed by atoms with Crippen LogP contribution in [0.15, 0.2) is 30.3 Å². The molecule has 6 heteroatoms. The largest absolute Gasteiger partial charge is 0.367 e. The fourth-order valence-electron chi connectivity index (χ4n) is 2.38. The molecule has 1 aromatic carbocycles. The molecule has 1 fully saturated rings. The maximum atomic E-state index is 11.9. The van der Waals surface area contributed by atoms with Gasteiger partial charge in [0, 0.05) is 19.0 Å². The molecule has 1 heterocycles. The van der Waals surface area contributed by atoms with Crippen LogP contribution in [0.1, 0.15) is 30.9 Å². The van der Waals surface area contributed by atoms with Crippen LogP contribution < -0.4 is 16.8 Å². The topological polar surface area (TPSA) is 107 Å². The van der Waals surface area contributed by atoms with Gasteiger partial charge in [-0.2, -0.15) is 0 Å². The van der Waals surface area contributed by atoms with E-state index in [1.54, 1.807) is 0 Å². The van der Waals surface area contributed by atoms with Crippen molar-refractivity contribution in [2.24, 2.45) is 11.5 Å². The SMILES string of the molecule is NC(=O)C1CCC(CNC(=O)CC(N)c2ccccc2)O1. The van der Waals surface area contributed by atoms with Gasteiger partial charge in [-0.1, -0.05) is 30.3 Å². The number of amides is 2. The summed E-state index contributed by atoms with van der Waals surface area (Å²) in [6.07, 6.45) is 0.867. The Kier molecular flexibility index (Phi) is 5.30. The smallest absolute Gasteiger partial charge is 0.246 e. The minimum Gasteiger partial charge on any atom is -0.367 e. The summed E-state index contributed by atoms with van der Waals surface area (Å²) < 4.78 is 5.44. The number of hydrogen-bond acceptors (Lipinski definition) is 4. The van der Waals surface area contributed by atoms with Gasteiger partial charge in [0.05, 0.1) is 6.10 Å². The molecule has 1 aliphatic rings. The number of hydrogen-bond donors (Lipinski definition) is 3. The van der Waals surface area contributed by atoms with Crippen molar-refractivity contribution in [2.45, 2.75) is 37.5 Å². The molecule has 2 rings (SSSR count). The van der Waals surface area contributed by atoms with Crippen LogP contribution in [0.4, 0.5) is 0 Å². The third-order valence-electron chi connectivity index (χ3n) is 3.58. The lowest BCUT2D eigenvalue weighted by molar-refractivity contribution is -0.128. The minimum absolute atomic E-state index is 0.127. The molecule has 1 saturated heterocycles. The summed E-state index contributed by atoms with van der Waals surface area (Å²) >= 11 is 0. The Labute approximate surface area is 123 Å². The van der Waals surface area contributed by atoms with Gasteiger partial charge in [0.25, 0.3) is 0 Å². The third-order valence-corrected chi connectivity index (χ3v) is 3.58. The normalized spacial score (nSPS) is 22.7. The summed E-state index contributed by atoms with van der Waals surface area (Å²) in [6.45, 7) is 0.379. The lowest BCUT2D eigenvalue weighted by Crippen LogP contribution is -2.35. The Morgan fingerprint density at radius 2 is 2.00 bits per heavy atom. The fraction of sp³-hybridized carbons (Fsp3) is 0.467. The van der Waals surface area contributed by atoms with Crippen molar-refractivity contribution in [1.29, 1.82) is 0 Å². The second-order valence-corrected chi connectivity index (χ2v) is 5.25. The molecule has 21 heavy (non-hydrogen) atoms. The molecule has 2 amide bonds. The van der Waals surface area contributed by atoms with Crippen molar-refractivity contribution in [1.82, 2.24) is 5.32 Å². The van der Waals surface area contributed by atoms with Gasteiger partial charge in [0.1, 0.15) is 6.10 Å². The van der Waals surface area contributed by atoms with Gasteiger partial charge in [0.15, 0.2) is 0 Å². The van der Waals surface area contributed by atoms with Gasteiger partial charge in [-0.25, -0.2) is 0 Å². The van der Waals surface area contributed by atoms with E-state index in [1.807, 2.05) is 30.3 Å². The van der Waals surface area contributed by atoms with Crippen molar-refractivity contribution < 1.29 is 14.3 Å². The zero-order valence-electron chi connectivity index (χ0n) is 11.8. The molecule has 0 aromatic heterocycles. The monoisotopic (exact) mass is 291 g/mol. The first kappa shape index (κ1) is 15.5. The maximum absolute atomic E-state index is 11.9. The zero-order chi connectivity index (χ0) is 15.2. The van der Waals surface area contributed by atoms with E-state index in [9.17, 15) is 9.59 Å². The van der Waals surface area contributed by atoms with Crippen LogP contribution in [0.3, 0.4) is 0 Å². The van der Waals surface area contributed by atoms with Crippen LogP contribution in [-0.2, 0) is 14.3 Å². The van der Waals surface area contributed by atoms with Crippen LogP contribution in [0.25, 0.3) is 0 Å². The van der Waals surface area contributed by atoms with E-state index in [-0.39, 0.29) is 24.5 Å². The highest BCUT2D eigenvalue weighted by atomic mass is 16.5. The van der Waals surface area contributed by atoms with Gasteiger partial charge in [0.2, 0.25) is 11.8 Å². The Hall–Kier alpha value is -1.92. The predicted octanol–water partition coefficient (Wildman–Crippen LogP) is 0.226. The van der Waals surface area contributed by atoms with Crippen LogP contribution in [0, 0.1) is 0 Å². The van der Waals surface area contributed by atoms with E-state index in [4.69, 9.17) is 16.2 Å². The highest BCUT2D eigenvalue weighted by molar-refractivity contribution is 5.79. The molecule has 1 aliphatic heterocycles. The lowest BCUT2D eigenvalue weighted by Gasteiger charge is -2.15. The van der Waals surface area contributed by atoms with E-state index >= 15 is 0 Å². The summed E-state index contributed by atoms with van der Waals surface area (Å²) in [5.41, 5.74) is 12.1. The quantitative estimate of drug-likeness (QED) is 0.697. The molecule has 3 atom stereocenters. The molecule has 1 aromatic rings. The number of ether oxygens (including phenoxy) is 1. The van der Waals surface area contributed by atoms with Crippen molar-refractivity contribution >= 4 is 11.8 Å².